The first kappa shape index (κ1) is 5.47. The minimum Gasteiger partial charge on any atom is -0.185 e. The summed E-state index contributed by atoms with van der Waals surface area (Å²) in [7, 11) is -1.86. The van der Waals surface area contributed by atoms with E-state index < -0.39 is 10.3 Å². The number of rotatable bonds is 0. The fourth-order valence-electron chi connectivity index (χ4n) is 1.68. The van der Waals surface area contributed by atoms with Crippen molar-refractivity contribution >= 4 is 15.2 Å². The molecule has 0 aromatic rings. The Morgan fingerprint density at radius 3 is 2.44 bits per heavy atom. The molecular formula is C6H8O2S. The van der Waals surface area contributed by atoms with Gasteiger partial charge in [0.05, 0.1) is 4.86 Å². The Kier molecular flexibility index (Phi) is 0.970. The normalized spacial score (nSPS) is 38.4. The molecule has 0 saturated heterocycles. The maximum absolute atomic E-state index is 10.4. The molecule has 0 radical (unpaired) electrons. The second-order valence-corrected chi connectivity index (χ2v) is 3.84. The van der Waals surface area contributed by atoms with Crippen molar-refractivity contribution in [1.29, 1.82) is 0 Å². The van der Waals surface area contributed by atoms with Crippen molar-refractivity contribution in [3.05, 3.63) is 0 Å². The molecular weight excluding hydrogens is 136 g/mol. The van der Waals surface area contributed by atoms with Gasteiger partial charge in [-0.2, -0.15) is 8.42 Å². The first-order valence-electron chi connectivity index (χ1n) is 3.24. The monoisotopic (exact) mass is 144 g/mol. The van der Waals surface area contributed by atoms with Gasteiger partial charge in [-0.25, -0.2) is 0 Å². The van der Waals surface area contributed by atoms with Crippen LogP contribution in [0.2, 0.25) is 0 Å². The Hall–Kier alpha value is -0.310. The first-order valence-corrected chi connectivity index (χ1v) is 4.31. The van der Waals surface area contributed by atoms with E-state index in [2.05, 4.69) is 0 Å². The molecule has 2 rings (SSSR count). The molecule has 9 heavy (non-hydrogen) atoms. The van der Waals surface area contributed by atoms with Crippen molar-refractivity contribution in [1.82, 2.24) is 0 Å². The lowest BCUT2D eigenvalue weighted by Gasteiger charge is -1.85. The zero-order valence-electron chi connectivity index (χ0n) is 5.00. The Bertz CT molecular complexity index is 255. The van der Waals surface area contributed by atoms with Crippen molar-refractivity contribution in [3.8, 4) is 0 Å². The van der Waals surface area contributed by atoms with Crippen molar-refractivity contribution in [2.45, 2.75) is 19.3 Å². The van der Waals surface area contributed by atoms with E-state index in [-0.39, 0.29) is 0 Å². The summed E-state index contributed by atoms with van der Waals surface area (Å²) in [6.07, 6.45) is 3.10. The molecule has 0 N–H and O–H groups in total. The third kappa shape index (κ3) is 0.713. The van der Waals surface area contributed by atoms with Gasteiger partial charge in [0.2, 0.25) is 10.3 Å². The largest absolute Gasteiger partial charge is 0.213 e. The van der Waals surface area contributed by atoms with Crippen LogP contribution in [0.25, 0.3) is 0 Å². The maximum Gasteiger partial charge on any atom is 0.213 e. The van der Waals surface area contributed by atoms with Crippen LogP contribution < -0.4 is 0 Å². The molecule has 0 aromatic carbocycles. The van der Waals surface area contributed by atoms with E-state index >= 15 is 0 Å². The van der Waals surface area contributed by atoms with Crippen LogP contribution in [0.4, 0.5) is 0 Å². The summed E-state index contributed by atoms with van der Waals surface area (Å²) in [6, 6.07) is 0. The SMILES string of the molecule is O=S(=O)=C1CCC2CC12. The summed E-state index contributed by atoms with van der Waals surface area (Å²) in [5.41, 5.74) is 0. The van der Waals surface area contributed by atoms with Crippen LogP contribution in [-0.4, -0.2) is 13.3 Å². The average molecular weight is 144 g/mol. The minimum absolute atomic E-state index is 0.475. The lowest BCUT2D eigenvalue weighted by atomic mass is 10.2. The quantitative estimate of drug-likeness (QED) is 0.463. The Morgan fingerprint density at radius 2 is 2.22 bits per heavy atom. The van der Waals surface area contributed by atoms with E-state index in [1.807, 2.05) is 0 Å². The predicted molar refractivity (Wildman–Crippen MR) is 34.8 cm³/mol. The zero-order valence-corrected chi connectivity index (χ0v) is 5.82. The number of hydrogen-bond donors (Lipinski definition) is 0. The summed E-state index contributed by atoms with van der Waals surface area (Å²) in [6.45, 7) is 0. The predicted octanol–water partition coefficient (Wildman–Crippen LogP) is 0.468. The maximum atomic E-state index is 10.4. The summed E-state index contributed by atoms with van der Waals surface area (Å²) < 4.78 is 20.8. The summed E-state index contributed by atoms with van der Waals surface area (Å²) in [5.74, 6) is 1.22. The van der Waals surface area contributed by atoms with Gasteiger partial charge in [0.25, 0.3) is 0 Å². The molecule has 0 heterocycles. The van der Waals surface area contributed by atoms with Crippen LogP contribution >= 0.6 is 0 Å². The van der Waals surface area contributed by atoms with Crippen LogP contribution in [-0.2, 0) is 10.3 Å². The molecule has 2 aliphatic carbocycles. The highest BCUT2D eigenvalue weighted by Gasteiger charge is 2.46. The second-order valence-electron chi connectivity index (χ2n) is 2.84. The third-order valence-corrected chi connectivity index (χ3v) is 3.25. The van der Waals surface area contributed by atoms with E-state index in [0.717, 1.165) is 30.0 Å². The fourth-order valence-corrected chi connectivity index (χ4v) is 2.50. The van der Waals surface area contributed by atoms with Crippen molar-refractivity contribution in [2.24, 2.45) is 11.8 Å². The number of fused-ring (bicyclic) bond motifs is 1. The standard InChI is InChI=1S/C6H8O2S/c7-9(8)6-2-1-4-3-5(4)6/h4-5H,1-3H2. The van der Waals surface area contributed by atoms with Gasteiger partial charge in [-0.3, -0.25) is 0 Å². The van der Waals surface area contributed by atoms with Crippen LogP contribution in [0.15, 0.2) is 0 Å². The van der Waals surface area contributed by atoms with Crippen LogP contribution in [0.1, 0.15) is 19.3 Å². The van der Waals surface area contributed by atoms with E-state index in [0.29, 0.717) is 5.92 Å². The van der Waals surface area contributed by atoms with E-state index in [1.54, 1.807) is 0 Å². The summed E-state index contributed by atoms with van der Waals surface area (Å²) >= 11 is 0. The molecule has 0 aromatic heterocycles. The lowest BCUT2D eigenvalue weighted by Crippen LogP contribution is -1.95. The van der Waals surface area contributed by atoms with Crippen LogP contribution in [0.5, 0.6) is 0 Å². The van der Waals surface area contributed by atoms with Gasteiger partial charge in [0.15, 0.2) is 0 Å². The van der Waals surface area contributed by atoms with E-state index in [1.165, 1.54) is 0 Å². The summed E-state index contributed by atoms with van der Waals surface area (Å²) in [4.78, 5) is 0.792. The first-order chi connectivity index (χ1) is 4.29. The Balaban J connectivity index is 2.44. The second kappa shape index (κ2) is 1.59. The molecule has 0 spiro atoms. The average Bonchev–Trinajstić information content (AvgIpc) is 2.43. The van der Waals surface area contributed by atoms with Gasteiger partial charge in [0, 0.05) is 0 Å². The Labute approximate surface area is 55.4 Å². The molecule has 2 saturated carbocycles. The topological polar surface area (TPSA) is 34.1 Å². The molecule has 2 unspecified atom stereocenters. The Morgan fingerprint density at radius 1 is 1.44 bits per heavy atom. The molecule has 2 aliphatic rings. The zero-order chi connectivity index (χ0) is 6.43. The smallest absolute Gasteiger partial charge is 0.185 e. The molecule has 0 bridgehead atoms. The van der Waals surface area contributed by atoms with Gasteiger partial charge in [0.1, 0.15) is 0 Å². The van der Waals surface area contributed by atoms with Gasteiger partial charge < -0.3 is 0 Å². The molecule has 3 heteroatoms. The van der Waals surface area contributed by atoms with E-state index in [9.17, 15) is 8.42 Å². The van der Waals surface area contributed by atoms with Gasteiger partial charge in [-0.1, -0.05) is 0 Å². The number of hydrogen-bond acceptors (Lipinski definition) is 2. The fraction of sp³-hybridized carbons (Fsp3) is 0.833. The highest BCUT2D eigenvalue weighted by molar-refractivity contribution is 7.73. The molecule has 50 valence electrons. The third-order valence-electron chi connectivity index (χ3n) is 2.31. The lowest BCUT2D eigenvalue weighted by molar-refractivity contribution is 0.626. The molecule has 2 fully saturated rings. The van der Waals surface area contributed by atoms with Gasteiger partial charge >= 0.3 is 0 Å². The minimum atomic E-state index is -1.86. The molecule has 0 aliphatic heterocycles. The van der Waals surface area contributed by atoms with Crippen LogP contribution in [0.3, 0.4) is 0 Å². The van der Waals surface area contributed by atoms with Crippen LogP contribution in [0, 0.1) is 11.8 Å². The van der Waals surface area contributed by atoms with Crippen molar-refractivity contribution < 1.29 is 8.42 Å². The highest BCUT2D eigenvalue weighted by atomic mass is 32.2. The molecule has 0 amide bonds. The van der Waals surface area contributed by atoms with Crippen molar-refractivity contribution in [2.75, 3.05) is 0 Å². The highest BCUT2D eigenvalue weighted by Crippen LogP contribution is 2.49. The van der Waals surface area contributed by atoms with Gasteiger partial charge in [-0.15, -0.1) is 0 Å². The van der Waals surface area contributed by atoms with Gasteiger partial charge in [-0.05, 0) is 31.1 Å². The molecule has 2 nitrogen and oxygen atoms in total. The van der Waals surface area contributed by atoms with Crippen molar-refractivity contribution in [3.63, 3.8) is 0 Å². The van der Waals surface area contributed by atoms with E-state index in [4.69, 9.17) is 0 Å². The molecule has 2 atom stereocenters. The summed E-state index contributed by atoms with van der Waals surface area (Å²) in [5, 5.41) is 0.